The second-order valence-electron chi connectivity index (χ2n) is 3.73. The molecule has 0 aliphatic heterocycles. The summed E-state index contributed by atoms with van der Waals surface area (Å²) in [7, 11) is 0. The third-order valence-electron chi connectivity index (χ3n) is 2.37. The van der Waals surface area contributed by atoms with E-state index < -0.39 is 0 Å². The first-order valence-electron chi connectivity index (χ1n) is 4.32. The van der Waals surface area contributed by atoms with Crippen molar-refractivity contribution in [2.24, 2.45) is 5.92 Å². The van der Waals surface area contributed by atoms with Crippen LogP contribution in [0.3, 0.4) is 0 Å². The molecule has 0 aliphatic carbocycles. The lowest BCUT2D eigenvalue weighted by Crippen LogP contribution is -2.49. The first-order valence-corrected chi connectivity index (χ1v) is 4.32. The highest BCUT2D eigenvalue weighted by Crippen LogP contribution is 2.19. The summed E-state index contributed by atoms with van der Waals surface area (Å²) in [6, 6.07) is 0. The molecule has 0 saturated heterocycles. The summed E-state index contributed by atoms with van der Waals surface area (Å²) in [4.78, 5) is 10.8. The van der Waals surface area contributed by atoms with E-state index in [0.29, 0.717) is 12.3 Å². The molecule has 1 atom stereocenters. The van der Waals surface area contributed by atoms with Crippen molar-refractivity contribution in [2.75, 3.05) is 6.61 Å². The Bertz CT molecular complexity index is 157. The number of nitrogens with one attached hydrogen (secondary N) is 1. The van der Waals surface area contributed by atoms with Crippen molar-refractivity contribution in [3.8, 4) is 0 Å². The van der Waals surface area contributed by atoms with Crippen LogP contribution in [-0.4, -0.2) is 23.2 Å². The topological polar surface area (TPSA) is 49.3 Å². The van der Waals surface area contributed by atoms with Crippen LogP contribution < -0.4 is 5.32 Å². The van der Waals surface area contributed by atoms with Gasteiger partial charge in [-0.25, -0.2) is 0 Å². The fourth-order valence-electron chi connectivity index (χ4n) is 1.13. The zero-order valence-corrected chi connectivity index (χ0v) is 8.35. The Balaban J connectivity index is 4.28. The van der Waals surface area contributed by atoms with Crippen LogP contribution in [0.5, 0.6) is 0 Å². The molecule has 0 spiro atoms. The number of amides is 1. The van der Waals surface area contributed by atoms with Crippen LogP contribution >= 0.6 is 0 Å². The van der Waals surface area contributed by atoms with Crippen molar-refractivity contribution in [1.29, 1.82) is 0 Å². The van der Waals surface area contributed by atoms with Gasteiger partial charge in [0.2, 0.25) is 5.91 Å². The number of aliphatic hydroxyl groups is 1. The average Bonchev–Trinajstić information content (AvgIpc) is 1.85. The number of hydrogen-bond donors (Lipinski definition) is 2. The lowest BCUT2D eigenvalue weighted by Gasteiger charge is -2.33. The molecule has 1 amide bonds. The van der Waals surface area contributed by atoms with Gasteiger partial charge in [0.1, 0.15) is 0 Å². The molecule has 72 valence electrons. The van der Waals surface area contributed by atoms with Crippen LogP contribution in [-0.2, 0) is 4.79 Å². The third-order valence-corrected chi connectivity index (χ3v) is 2.37. The van der Waals surface area contributed by atoms with E-state index in [0.717, 1.165) is 0 Å². The van der Waals surface area contributed by atoms with Crippen molar-refractivity contribution in [3.05, 3.63) is 0 Å². The maximum Gasteiger partial charge on any atom is 0.217 e. The molecule has 0 aromatic carbocycles. The lowest BCUT2D eigenvalue weighted by molar-refractivity contribution is -0.121. The Morgan fingerprint density at radius 3 is 2.33 bits per heavy atom. The largest absolute Gasteiger partial charge is 0.396 e. The van der Waals surface area contributed by atoms with E-state index in [1.54, 1.807) is 0 Å². The second kappa shape index (κ2) is 4.45. The third kappa shape index (κ3) is 3.22. The summed E-state index contributed by atoms with van der Waals surface area (Å²) in [5.74, 6) is 0.285. The van der Waals surface area contributed by atoms with E-state index in [4.69, 9.17) is 5.11 Å². The molecule has 0 saturated carbocycles. The van der Waals surface area contributed by atoms with Crippen molar-refractivity contribution in [2.45, 2.75) is 39.7 Å². The minimum absolute atomic E-state index is 0.0420. The van der Waals surface area contributed by atoms with Crippen LogP contribution in [0.4, 0.5) is 0 Å². The molecular formula is C9H19NO2. The van der Waals surface area contributed by atoms with Crippen LogP contribution in [0.1, 0.15) is 34.1 Å². The van der Waals surface area contributed by atoms with Gasteiger partial charge < -0.3 is 10.4 Å². The first kappa shape index (κ1) is 11.4. The Morgan fingerprint density at radius 1 is 1.58 bits per heavy atom. The van der Waals surface area contributed by atoms with Crippen molar-refractivity contribution < 1.29 is 9.90 Å². The predicted octanol–water partition coefficient (Wildman–Crippen LogP) is 0.920. The van der Waals surface area contributed by atoms with E-state index in [1.165, 1.54) is 6.92 Å². The average molecular weight is 173 g/mol. The van der Waals surface area contributed by atoms with E-state index >= 15 is 0 Å². The molecule has 1 unspecified atom stereocenters. The molecular weight excluding hydrogens is 154 g/mol. The monoisotopic (exact) mass is 173 g/mol. The number of rotatable bonds is 4. The summed E-state index contributed by atoms with van der Waals surface area (Å²) in [5, 5.41) is 11.7. The van der Waals surface area contributed by atoms with Crippen molar-refractivity contribution in [3.63, 3.8) is 0 Å². The van der Waals surface area contributed by atoms with Crippen LogP contribution in [0.2, 0.25) is 0 Å². The Labute approximate surface area is 74.2 Å². The highest BCUT2D eigenvalue weighted by atomic mass is 16.3. The Kier molecular flexibility index (Phi) is 4.24. The summed E-state index contributed by atoms with van der Waals surface area (Å²) in [6.07, 6.45) is 0.601. The minimum Gasteiger partial charge on any atom is -0.396 e. The summed E-state index contributed by atoms with van der Waals surface area (Å²) in [6.45, 7) is 7.62. The van der Waals surface area contributed by atoms with E-state index in [-0.39, 0.29) is 18.1 Å². The van der Waals surface area contributed by atoms with Gasteiger partial charge in [0.25, 0.3) is 0 Å². The van der Waals surface area contributed by atoms with Gasteiger partial charge in [-0.15, -0.1) is 0 Å². The van der Waals surface area contributed by atoms with E-state index in [2.05, 4.69) is 5.32 Å². The standard InChI is InChI=1S/C9H19NO2/c1-7(2)9(4,5-6-11)10-8(3)12/h7,11H,5-6H2,1-4H3,(H,10,12). The van der Waals surface area contributed by atoms with Gasteiger partial charge in [-0.2, -0.15) is 0 Å². The van der Waals surface area contributed by atoms with Crippen LogP contribution in [0, 0.1) is 5.92 Å². The molecule has 0 radical (unpaired) electrons. The molecule has 12 heavy (non-hydrogen) atoms. The van der Waals surface area contributed by atoms with Gasteiger partial charge in [-0.3, -0.25) is 4.79 Å². The summed E-state index contributed by atoms with van der Waals surface area (Å²) in [5.41, 5.74) is -0.277. The quantitative estimate of drug-likeness (QED) is 0.664. The van der Waals surface area contributed by atoms with E-state index in [1.807, 2.05) is 20.8 Å². The zero-order valence-electron chi connectivity index (χ0n) is 8.35. The summed E-state index contributed by atoms with van der Waals surface area (Å²) >= 11 is 0. The van der Waals surface area contributed by atoms with Gasteiger partial charge >= 0.3 is 0 Å². The molecule has 0 aromatic rings. The molecule has 0 heterocycles. The number of carbonyl (C=O) groups is 1. The fourth-order valence-corrected chi connectivity index (χ4v) is 1.13. The van der Waals surface area contributed by atoms with Crippen molar-refractivity contribution >= 4 is 5.91 Å². The second-order valence-corrected chi connectivity index (χ2v) is 3.73. The first-order chi connectivity index (χ1) is 5.42. The zero-order chi connectivity index (χ0) is 9.78. The van der Waals surface area contributed by atoms with Gasteiger partial charge in [-0.05, 0) is 19.3 Å². The van der Waals surface area contributed by atoms with E-state index in [9.17, 15) is 4.79 Å². The molecule has 2 N–H and O–H groups in total. The normalized spacial score (nSPS) is 15.8. The molecule has 0 fully saturated rings. The molecule has 3 heteroatoms. The van der Waals surface area contributed by atoms with Gasteiger partial charge in [-0.1, -0.05) is 13.8 Å². The smallest absolute Gasteiger partial charge is 0.217 e. The van der Waals surface area contributed by atoms with Gasteiger partial charge in [0, 0.05) is 19.1 Å². The SMILES string of the molecule is CC(=O)NC(C)(CCO)C(C)C. The number of carbonyl (C=O) groups excluding carboxylic acids is 1. The molecule has 0 aromatic heterocycles. The highest BCUT2D eigenvalue weighted by molar-refractivity contribution is 5.73. The molecule has 0 bridgehead atoms. The molecule has 0 aliphatic rings. The van der Waals surface area contributed by atoms with Crippen LogP contribution in [0.15, 0.2) is 0 Å². The highest BCUT2D eigenvalue weighted by Gasteiger charge is 2.28. The predicted molar refractivity (Wildman–Crippen MR) is 48.8 cm³/mol. The van der Waals surface area contributed by atoms with Gasteiger partial charge in [0.15, 0.2) is 0 Å². The Morgan fingerprint density at radius 2 is 2.08 bits per heavy atom. The molecule has 3 nitrogen and oxygen atoms in total. The molecule has 0 rings (SSSR count). The minimum atomic E-state index is -0.277. The number of hydrogen-bond acceptors (Lipinski definition) is 2. The summed E-state index contributed by atoms with van der Waals surface area (Å²) < 4.78 is 0. The van der Waals surface area contributed by atoms with Crippen molar-refractivity contribution in [1.82, 2.24) is 5.32 Å². The van der Waals surface area contributed by atoms with Gasteiger partial charge in [0.05, 0.1) is 0 Å². The fraction of sp³-hybridized carbons (Fsp3) is 0.889. The maximum atomic E-state index is 10.8. The van der Waals surface area contributed by atoms with Crippen LogP contribution in [0.25, 0.3) is 0 Å². The lowest BCUT2D eigenvalue weighted by atomic mass is 9.85. The number of aliphatic hydroxyl groups excluding tert-OH is 1. The maximum absolute atomic E-state index is 10.8. The Hall–Kier alpha value is -0.570.